The van der Waals surface area contributed by atoms with Crippen molar-refractivity contribution in [1.29, 1.82) is 0 Å². The summed E-state index contributed by atoms with van der Waals surface area (Å²) in [7, 11) is 1.63. The highest BCUT2D eigenvalue weighted by molar-refractivity contribution is 7.20. The number of ether oxygens (including phenoxy) is 2. The fourth-order valence-electron chi connectivity index (χ4n) is 3.42. The van der Waals surface area contributed by atoms with Gasteiger partial charge in [0.25, 0.3) is 10.8 Å². The van der Waals surface area contributed by atoms with Gasteiger partial charge in [0.05, 0.1) is 17.3 Å². The Kier molecular flexibility index (Phi) is 5.84. The minimum atomic E-state index is -0.504. The van der Waals surface area contributed by atoms with Crippen LogP contribution in [0, 0.1) is 0 Å². The molecule has 0 unspecified atom stereocenters. The number of thiazole rings is 1. The highest BCUT2D eigenvalue weighted by Gasteiger charge is 2.24. The van der Waals surface area contributed by atoms with E-state index in [1.807, 2.05) is 18.2 Å². The summed E-state index contributed by atoms with van der Waals surface area (Å²) in [6.45, 7) is 1.44. The Bertz CT molecular complexity index is 1160. The van der Waals surface area contributed by atoms with Crippen LogP contribution in [0.4, 0.5) is 0 Å². The molecular formula is C20H22N4O5S. The number of H-pyrrole nitrogens is 1. The van der Waals surface area contributed by atoms with Crippen molar-refractivity contribution in [2.75, 3.05) is 20.2 Å². The first-order valence-corrected chi connectivity index (χ1v) is 10.5. The summed E-state index contributed by atoms with van der Waals surface area (Å²) in [6.07, 6.45) is 3.07. The number of hydrogen-bond acceptors (Lipinski definition) is 7. The molecule has 1 N–H and O–H groups in total. The van der Waals surface area contributed by atoms with E-state index < -0.39 is 11.2 Å². The molecule has 3 heterocycles. The second-order valence-electron chi connectivity index (χ2n) is 7.06. The number of amides is 1. The van der Waals surface area contributed by atoms with Crippen LogP contribution in [-0.2, 0) is 11.3 Å². The maximum Gasteiger partial charge on any atom is 0.328 e. The molecule has 10 heteroatoms. The largest absolute Gasteiger partial charge is 0.497 e. The number of nitrogens with zero attached hydrogens (tertiary/aromatic N) is 3. The highest BCUT2D eigenvalue weighted by Crippen LogP contribution is 2.32. The summed E-state index contributed by atoms with van der Waals surface area (Å²) in [4.78, 5) is 43.8. The van der Waals surface area contributed by atoms with Gasteiger partial charge in [-0.05, 0) is 18.2 Å². The van der Waals surface area contributed by atoms with Gasteiger partial charge in [-0.2, -0.15) is 0 Å². The molecule has 30 heavy (non-hydrogen) atoms. The number of carbonyl (C=O) groups excluding carboxylic acids is 1. The lowest BCUT2D eigenvalue weighted by Gasteiger charge is -2.31. The number of aromatic amines is 1. The second-order valence-corrected chi connectivity index (χ2v) is 8.06. The molecule has 1 aliphatic rings. The van der Waals surface area contributed by atoms with Crippen molar-refractivity contribution in [3.8, 4) is 10.9 Å². The van der Waals surface area contributed by atoms with Crippen LogP contribution in [0.15, 0.2) is 40.1 Å². The molecule has 1 aliphatic heterocycles. The molecule has 3 aromatic rings. The third-order valence-electron chi connectivity index (χ3n) is 5.10. The van der Waals surface area contributed by atoms with Crippen LogP contribution in [0.3, 0.4) is 0 Å². The van der Waals surface area contributed by atoms with Gasteiger partial charge in [0.2, 0.25) is 5.91 Å². The zero-order valence-electron chi connectivity index (χ0n) is 16.5. The number of likely N-dealkylation sites (tertiary alicyclic amines) is 1. The lowest BCUT2D eigenvalue weighted by molar-refractivity contribution is -0.133. The monoisotopic (exact) mass is 430 g/mol. The van der Waals surface area contributed by atoms with Crippen LogP contribution in [0.5, 0.6) is 10.9 Å². The van der Waals surface area contributed by atoms with Crippen molar-refractivity contribution >= 4 is 27.5 Å². The van der Waals surface area contributed by atoms with Crippen molar-refractivity contribution in [3.63, 3.8) is 0 Å². The number of benzene rings is 1. The van der Waals surface area contributed by atoms with Gasteiger partial charge in [-0.3, -0.25) is 14.6 Å². The normalized spacial score (nSPS) is 14.8. The van der Waals surface area contributed by atoms with E-state index in [1.165, 1.54) is 28.2 Å². The van der Waals surface area contributed by atoms with Gasteiger partial charge in [-0.25, -0.2) is 9.78 Å². The van der Waals surface area contributed by atoms with Crippen molar-refractivity contribution in [2.24, 2.45) is 0 Å². The van der Waals surface area contributed by atoms with E-state index in [4.69, 9.17) is 9.47 Å². The molecule has 158 valence electrons. The molecule has 1 saturated heterocycles. The molecule has 0 aliphatic carbocycles. The van der Waals surface area contributed by atoms with Gasteiger partial charge in [0.1, 0.15) is 11.9 Å². The molecule has 1 amide bonds. The van der Waals surface area contributed by atoms with Crippen LogP contribution in [-0.4, -0.2) is 51.6 Å². The van der Waals surface area contributed by atoms with Crippen LogP contribution < -0.4 is 20.7 Å². The van der Waals surface area contributed by atoms with Crippen LogP contribution in [0.2, 0.25) is 0 Å². The van der Waals surface area contributed by atoms with E-state index >= 15 is 0 Å². The minimum absolute atomic E-state index is 0.0123. The molecule has 9 nitrogen and oxygen atoms in total. The highest BCUT2D eigenvalue weighted by atomic mass is 32.1. The van der Waals surface area contributed by atoms with E-state index in [0.717, 1.165) is 28.8 Å². The number of methoxy groups -OCH3 is 1. The molecule has 0 bridgehead atoms. The first kappa shape index (κ1) is 20.1. The Balaban J connectivity index is 1.28. The molecule has 0 radical (unpaired) electrons. The van der Waals surface area contributed by atoms with Crippen molar-refractivity contribution in [2.45, 2.75) is 31.9 Å². The molecule has 1 aromatic carbocycles. The number of hydrogen-bond donors (Lipinski definition) is 1. The lowest BCUT2D eigenvalue weighted by atomic mass is 10.1. The molecular weight excluding hydrogens is 408 g/mol. The number of carbonyl (C=O) groups is 1. The quantitative estimate of drug-likeness (QED) is 0.637. The number of piperidine rings is 1. The van der Waals surface area contributed by atoms with Crippen LogP contribution in [0.1, 0.15) is 19.3 Å². The van der Waals surface area contributed by atoms with E-state index in [0.29, 0.717) is 18.3 Å². The molecule has 0 atom stereocenters. The molecule has 4 rings (SSSR count). The average molecular weight is 430 g/mol. The zero-order chi connectivity index (χ0) is 21.1. The van der Waals surface area contributed by atoms with E-state index in [-0.39, 0.29) is 25.0 Å². The number of nitrogens with one attached hydrogen (secondary N) is 1. The van der Waals surface area contributed by atoms with Crippen LogP contribution in [0.25, 0.3) is 10.2 Å². The third-order valence-corrected chi connectivity index (χ3v) is 6.01. The SMILES string of the molecule is COc1ccc2nc(OC3CCN(C(=O)CCn4ccc(=O)[nH]c4=O)CC3)sc2c1. The predicted molar refractivity (Wildman–Crippen MR) is 112 cm³/mol. The number of aromatic nitrogens is 3. The van der Waals surface area contributed by atoms with Gasteiger partial charge >= 0.3 is 5.69 Å². The smallest absolute Gasteiger partial charge is 0.328 e. The van der Waals surface area contributed by atoms with Crippen molar-refractivity contribution in [3.05, 3.63) is 51.3 Å². The van der Waals surface area contributed by atoms with E-state index in [1.54, 1.807) is 12.0 Å². The predicted octanol–water partition coefficient (Wildman–Crippen LogP) is 1.61. The first-order valence-electron chi connectivity index (χ1n) is 9.70. The topological polar surface area (TPSA) is 107 Å². The molecule has 0 saturated carbocycles. The summed E-state index contributed by atoms with van der Waals surface area (Å²) in [5, 5.41) is 0.625. The third kappa shape index (κ3) is 4.54. The molecule has 1 fully saturated rings. The standard InChI is InChI=1S/C20H22N4O5S/c1-28-14-2-3-15-16(12-14)30-20(21-15)29-13-4-8-23(9-5-13)18(26)7-11-24-10-6-17(25)22-19(24)27/h2-3,6,10,12-13H,4-5,7-9,11H2,1H3,(H,22,25,27). The Hall–Kier alpha value is -3.14. The Labute approximate surface area is 175 Å². The second kappa shape index (κ2) is 8.70. The Morgan fingerprint density at radius 3 is 2.80 bits per heavy atom. The lowest BCUT2D eigenvalue weighted by Crippen LogP contribution is -2.42. The minimum Gasteiger partial charge on any atom is -0.497 e. The number of fused-ring (bicyclic) bond motifs is 1. The summed E-state index contributed by atoms with van der Waals surface area (Å²) >= 11 is 1.48. The molecule has 0 spiro atoms. The summed E-state index contributed by atoms with van der Waals surface area (Å²) in [5.74, 6) is 0.771. The zero-order valence-corrected chi connectivity index (χ0v) is 17.3. The van der Waals surface area contributed by atoms with Gasteiger partial charge < -0.3 is 18.9 Å². The maximum atomic E-state index is 12.5. The Morgan fingerprint density at radius 1 is 1.27 bits per heavy atom. The summed E-state index contributed by atoms with van der Waals surface area (Å²) in [5.41, 5.74) is -0.0753. The Morgan fingerprint density at radius 2 is 2.07 bits per heavy atom. The van der Waals surface area contributed by atoms with Gasteiger partial charge in [0, 0.05) is 51.2 Å². The number of aryl methyl sites for hydroxylation is 1. The summed E-state index contributed by atoms with van der Waals surface area (Å²) < 4.78 is 13.6. The van der Waals surface area contributed by atoms with Crippen LogP contribution >= 0.6 is 11.3 Å². The maximum absolute atomic E-state index is 12.5. The van der Waals surface area contributed by atoms with Gasteiger partial charge in [-0.1, -0.05) is 11.3 Å². The summed E-state index contributed by atoms with van der Waals surface area (Å²) in [6, 6.07) is 6.99. The van der Waals surface area contributed by atoms with E-state index in [2.05, 4.69) is 9.97 Å². The first-order chi connectivity index (χ1) is 14.5. The fraction of sp³-hybridized carbons (Fsp3) is 0.400. The van der Waals surface area contributed by atoms with Gasteiger partial charge in [-0.15, -0.1) is 0 Å². The average Bonchev–Trinajstić information content (AvgIpc) is 3.14. The van der Waals surface area contributed by atoms with Gasteiger partial charge in [0.15, 0.2) is 0 Å². The van der Waals surface area contributed by atoms with E-state index in [9.17, 15) is 14.4 Å². The fourth-order valence-corrected chi connectivity index (χ4v) is 4.33. The number of rotatable bonds is 6. The van der Waals surface area contributed by atoms with Crippen molar-refractivity contribution < 1.29 is 14.3 Å². The van der Waals surface area contributed by atoms with Crippen molar-refractivity contribution in [1.82, 2.24) is 19.4 Å². The molecule has 2 aromatic heterocycles.